The number of amides is 1. The molecule has 1 aromatic rings. The molecule has 0 bridgehead atoms. The molecule has 1 spiro atoms. The number of fused-ring (bicyclic) bond motifs is 1. The fraction of sp³-hybridized carbons (Fsp3) is 0.556. The molecule has 0 saturated carbocycles. The van der Waals surface area contributed by atoms with Gasteiger partial charge in [-0.3, -0.25) is 4.79 Å². The van der Waals surface area contributed by atoms with Crippen LogP contribution in [0, 0.1) is 11.8 Å². The zero-order valence-corrected chi connectivity index (χ0v) is 14.0. The van der Waals surface area contributed by atoms with E-state index in [4.69, 9.17) is 15.7 Å². The summed E-state index contributed by atoms with van der Waals surface area (Å²) in [6, 6.07) is 5.99. The van der Waals surface area contributed by atoms with Crippen LogP contribution in [0.15, 0.2) is 23.4 Å². The molecule has 0 radical (unpaired) electrons. The van der Waals surface area contributed by atoms with Crippen LogP contribution in [0.3, 0.4) is 0 Å². The summed E-state index contributed by atoms with van der Waals surface area (Å²) in [5, 5.41) is 12.2. The number of oxime groups is 1. The fourth-order valence-corrected chi connectivity index (χ4v) is 4.69. The second-order valence-electron chi connectivity index (χ2n) is 7.44. The molecule has 2 fully saturated rings. The van der Waals surface area contributed by atoms with E-state index in [9.17, 15) is 4.79 Å². The molecule has 4 rings (SSSR count). The lowest BCUT2D eigenvalue weighted by molar-refractivity contribution is -0.142. The van der Waals surface area contributed by atoms with E-state index in [1.165, 1.54) is 0 Å². The van der Waals surface area contributed by atoms with Crippen LogP contribution in [0.2, 0.25) is 0 Å². The van der Waals surface area contributed by atoms with E-state index in [0.717, 1.165) is 23.1 Å². The molecule has 2 aliphatic heterocycles. The summed E-state index contributed by atoms with van der Waals surface area (Å²) in [6.07, 6.45) is 1.90. The molecule has 24 heavy (non-hydrogen) atoms. The van der Waals surface area contributed by atoms with E-state index in [1.54, 1.807) is 0 Å². The third kappa shape index (κ3) is 1.92. The first-order valence-corrected chi connectivity index (χ1v) is 8.52. The van der Waals surface area contributed by atoms with Gasteiger partial charge in [0.05, 0.1) is 12.6 Å². The highest BCUT2D eigenvalue weighted by Crippen LogP contribution is 2.51. The Kier molecular flexibility index (Phi) is 3.35. The van der Waals surface area contributed by atoms with Crippen molar-refractivity contribution in [1.29, 1.82) is 0 Å². The molecule has 6 heteroatoms. The zero-order chi connectivity index (χ0) is 17.1. The SMILES string of the molecule is CC(C)[C@@H]1COC23Cc4cccc(/C(N)=N/O)c4CC2CC(=O)N13. The molecule has 2 unspecified atom stereocenters. The Labute approximate surface area is 141 Å². The van der Waals surface area contributed by atoms with Crippen molar-refractivity contribution in [2.45, 2.75) is 44.9 Å². The van der Waals surface area contributed by atoms with Crippen LogP contribution in [-0.4, -0.2) is 40.2 Å². The van der Waals surface area contributed by atoms with Crippen molar-refractivity contribution in [2.24, 2.45) is 22.7 Å². The first-order valence-electron chi connectivity index (χ1n) is 8.52. The summed E-state index contributed by atoms with van der Waals surface area (Å²) in [4.78, 5) is 14.7. The van der Waals surface area contributed by atoms with Crippen molar-refractivity contribution in [3.05, 3.63) is 34.9 Å². The van der Waals surface area contributed by atoms with Crippen molar-refractivity contribution >= 4 is 11.7 Å². The molecule has 1 aliphatic carbocycles. The van der Waals surface area contributed by atoms with E-state index >= 15 is 0 Å². The van der Waals surface area contributed by atoms with Crippen LogP contribution in [-0.2, 0) is 22.4 Å². The fourth-order valence-electron chi connectivity index (χ4n) is 4.69. The summed E-state index contributed by atoms with van der Waals surface area (Å²) in [5.74, 6) is 0.802. The topological polar surface area (TPSA) is 88.1 Å². The normalized spacial score (nSPS) is 32.0. The van der Waals surface area contributed by atoms with Crippen molar-refractivity contribution in [3.63, 3.8) is 0 Å². The van der Waals surface area contributed by atoms with Crippen LogP contribution in [0.1, 0.15) is 37.0 Å². The Hall–Kier alpha value is -2.08. The van der Waals surface area contributed by atoms with Gasteiger partial charge in [-0.05, 0) is 23.5 Å². The Bertz CT molecular complexity index is 730. The van der Waals surface area contributed by atoms with Gasteiger partial charge in [0.2, 0.25) is 5.91 Å². The third-order valence-electron chi connectivity index (χ3n) is 5.89. The molecule has 6 nitrogen and oxygen atoms in total. The highest BCUT2D eigenvalue weighted by molar-refractivity contribution is 5.98. The van der Waals surface area contributed by atoms with E-state index in [-0.39, 0.29) is 23.7 Å². The highest BCUT2D eigenvalue weighted by Gasteiger charge is 2.61. The summed E-state index contributed by atoms with van der Waals surface area (Å²) >= 11 is 0. The van der Waals surface area contributed by atoms with Crippen molar-refractivity contribution < 1.29 is 14.7 Å². The van der Waals surface area contributed by atoms with Crippen LogP contribution < -0.4 is 5.73 Å². The van der Waals surface area contributed by atoms with Crippen LogP contribution >= 0.6 is 0 Å². The first kappa shape index (κ1) is 15.4. The van der Waals surface area contributed by atoms with Gasteiger partial charge in [-0.2, -0.15) is 0 Å². The van der Waals surface area contributed by atoms with E-state index in [1.807, 2.05) is 17.0 Å². The molecule has 3 atom stereocenters. The van der Waals surface area contributed by atoms with Gasteiger partial charge in [-0.25, -0.2) is 0 Å². The van der Waals surface area contributed by atoms with Crippen molar-refractivity contribution in [2.75, 3.05) is 6.61 Å². The van der Waals surface area contributed by atoms with Crippen molar-refractivity contribution in [3.8, 4) is 0 Å². The lowest BCUT2D eigenvalue weighted by Crippen LogP contribution is -2.53. The number of nitrogens with zero attached hydrogens (tertiary/aromatic N) is 2. The number of hydrogen-bond donors (Lipinski definition) is 2. The minimum atomic E-state index is -0.511. The summed E-state index contributed by atoms with van der Waals surface area (Å²) in [6.45, 7) is 4.89. The van der Waals surface area contributed by atoms with Gasteiger partial charge in [0, 0.05) is 24.3 Å². The minimum absolute atomic E-state index is 0.119. The lowest BCUT2D eigenvalue weighted by Gasteiger charge is -2.42. The van der Waals surface area contributed by atoms with Gasteiger partial charge in [-0.1, -0.05) is 37.2 Å². The molecular formula is C18H23N3O3. The Morgan fingerprint density at radius 1 is 1.46 bits per heavy atom. The number of ether oxygens (including phenoxy) is 1. The molecule has 0 aromatic heterocycles. The highest BCUT2D eigenvalue weighted by atomic mass is 16.5. The van der Waals surface area contributed by atoms with Gasteiger partial charge >= 0.3 is 0 Å². The minimum Gasteiger partial charge on any atom is -0.409 e. The van der Waals surface area contributed by atoms with Crippen LogP contribution in [0.25, 0.3) is 0 Å². The summed E-state index contributed by atoms with van der Waals surface area (Å²) < 4.78 is 6.29. The maximum Gasteiger partial charge on any atom is 0.225 e. The maximum absolute atomic E-state index is 12.7. The smallest absolute Gasteiger partial charge is 0.225 e. The molecular weight excluding hydrogens is 306 g/mol. The van der Waals surface area contributed by atoms with Gasteiger partial charge in [0.15, 0.2) is 11.6 Å². The lowest BCUT2D eigenvalue weighted by atomic mass is 9.76. The number of carbonyl (C=O) groups is 1. The number of hydrogen-bond acceptors (Lipinski definition) is 4. The van der Waals surface area contributed by atoms with Gasteiger partial charge in [0.25, 0.3) is 0 Å². The van der Waals surface area contributed by atoms with Gasteiger partial charge in [0.1, 0.15) is 0 Å². The molecule has 1 aromatic carbocycles. The van der Waals surface area contributed by atoms with Gasteiger partial charge < -0.3 is 20.6 Å². The number of nitrogens with two attached hydrogens (primary N) is 1. The zero-order valence-electron chi connectivity index (χ0n) is 14.0. The average Bonchev–Trinajstić information content (AvgIpc) is 3.06. The maximum atomic E-state index is 12.7. The van der Waals surface area contributed by atoms with E-state index in [2.05, 4.69) is 25.1 Å². The second kappa shape index (κ2) is 5.21. The number of rotatable bonds is 2. The summed E-state index contributed by atoms with van der Waals surface area (Å²) in [5.41, 5.74) is 8.29. The first-order chi connectivity index (χ1) is 11.5. The molecule has 1 amide bonds. The standard InChI is InChI=1S/C18H23N3O3/c1-10(2)15-9-24-18-8-11-4-3-5-13(17(19)20-23)14(11)6-12(18)7-16(22)21(15)18/h3-5,10,12,15,23H,6-9H2,1-2H3,(H2,19,20)/t12?,15-,18?/m0/s1. The Balaban J connectivity index is 1.78. The molecule has 2 saturated heterocycles. The molecule has 3 aliphatic rings. The van der Waals surface area contributed by atoms with E-state index < -0.39 is 5.72 Å². The largest absolute Gasteiger partial charge is 0.409 e. The number of amidine groups is 1. The molecule has 128 valence electrons. The van der Waals surface area contributed by atoms with Crippen LogP contribution in [0.5, 0.6) is 0 Å². The number of carbonyl (C=O) groups excluding carboxylic acids is 1. The third-order valence-corrected chi connectivity index (χ3v) is 5.89. The quantitative estimate of drug-likeness (QED) is 0.372. The average molecular weight is 329 g/mol. The second-order valence-corrected chi connectivity index (χ2v) is 7.44. The molecule has 2 heterocycles. The molecule has 3 N–H and O–H groups in total. The Morgan fingerprint density at radius 3 is 2.96 bits per heavy atom. The van der Waals surface area contributed by atoms with Crippen LogP contribution in [0.4, 0.5) is 0 Å². The van der Waals surface area contributed by atoms with E-state index in [0.29, 0.717) is 25.4 Å². The predicted octanol–water partition coefficient (Wildman–Crippen LogP) is 1.48. The number of benzene rings is 1. The van der Waals surface area contributed by atoms with Gasteiger partial charge in [-0.15, -0.1) is 0 Å². The summed E-state index contributed by atoms with van der Waals surface area (Å²) in [7, 11) is 0. The monoisotopic (exact) mass is 329 g/mol. The Morgan fingerprint density at radius 2 is 2.25 bits per heavy atom. The predicted molar refractivity (Wildman–Crippen MR) is 88.6 cm³/mol. The van der Waals surface area contributed by atoms with Crippen molar-refractivity contribution in [1.82, 2.24) is 4.90 Å².